The standard InChI is InChI=1S/C13H24N2O2/c14-9-13(6-1-2-7-13)12(17)15-10-4-3-5-11(16)8-10/h10-11,16H,1-9,14H2,(H,15,17). The molecule has 4 nitrogen and oxygen atoms in total. The molecule has 0 heterocycles. The molecule has 0 spiro atoms. The summed E-state index contributed by atoms with van der Waals surface area (Å²) in [4.78, 5) is 12.3. The number of rotatable bonds is 3. The van der Waals surface area contributed by atoms with E-state index in [1.807, 2.05) is 0 Å². The van der Waals surface area contributed by atoms with E-state index in [1.165, 1.54) is 0 Å². The molecule has 2 rings (SSSR count). The summed E-state index contributed by atoms with van der Waals surface area (Å²) >= 11 is 0. The van der Waals surface area contributed by atoms with E-state index in [1.54, 1.807) is 0 Å². The van der Waals surface area contributed by atoms with Gasteiger partial charge in [-0.3, -0.25) is 4.79 Å². The summed E-state index contributed by atoms with van der Waals surface area (Å²) in [6.07, 6.45) is 7.38. The van der Waals surface area contributed by atoms with Crippen LogP contribution in [0.3, 0.4) is 0 Å². The largest absolute Gasteiger partial charge is 0.393 e. The Labute approximate surface area is 103 Å². The predicted molar refractivity (Wildman–Crippen MR) is 66.4 cm³/mol. The van der Waals surface area contributed by atoms with Gasteiger partial charge >= 0.3 is 0 Å². The van der Waals surface area contributed by atoms with Crippen molar-refractivity contribution >= 4 is 5.91 Å². The van der Waals surface area contributed by atoms with Crippen LogP contribution in [-0.4, -0.2) is 29.7 Å². The molecule has 0 saturated heterocycles. The highest BCUT2D eigenvalue weighted by molar-refractivity contribution is 5.83. The molecule has 98 valence electrons. The van der Waals surface area contributed by atoms with Gasteiger partial charge < -0.3 is 16.2 Å². The second kappa shape index (κ2) is 5.36. The van der Waals surface area contributed by atoms with Crippen molar-refractivity contribution < 1.29 is 9.90 Å². The van der Waals surface area contributed by atoms with E-state index in [4.69, 9.17) is 5.73 Å². The number of aliphatic hydroxyl groups excluding tert-OH is 1. The molecule has 0 radical (unpaired) electrons. The van der Waals surface area contributed by atoms with E-state index in [0.717, 1.165) is 44.9 Å². The second-order valence-electron chi connectivity index (χ2n) is 5.68. The van der Waals surface area contributed by atoms with E-state index in [2.05, 4.69) is 5.32 Å². The Kier molecular flexibility index (Phi) is 4.05. The van der Waals surface area contributed by atoms with Crippen molar-refractivity contribution in [1.82, 2.24) is 5.32 Å². The third kappa shape index (κ3) is 2.80. The Morgan fingerprint density at radius 1 is 1.29 bits per heavy atom. The maximum atomic E-state index is 12.3. The second-order valence-corrected chi connectivity index (χ2v) is 5.68. The van der Waals surface area contributed by atoms with Crippen LogP contribution in [0.4, 0.5) is 0 Å². The number of carbonyl (C=O) groups is 1. The molecule has 2 unspecified atom stereocenters. The fraction of sp³-hybridized carbons (Fsp3) is 0.923. The van der Waals surface area contributed by atoms with Gasteiger partial charge in [0.15, 0.2) is 0 Å². The summed E-state index contributed by atoms with van der Waals surface area (Å²) in [5, 5.41) is 12.7. The third-order valence-electron chi connectivity index (χ3n) is 4.41. The average molecular weight is 240 g/mol. The van der Waals surface area contributed by atoms with Crippen molar-refractivity contribution in [1.29, 1.82) is 0 Å². The van der Waals surface area contributed by atoms with E-state index >= 15 is 0 Å². The van der Waals surface area contributed by atoms with Crippen LogP contribution < -0.4 is 11.1 Å². The lowest BCUT2D eigenvalue weighted by Gasteiger charge is -2.32. The molecule has 2 saturated carbocycles. The topological polar surface area (TPSA) is 75.4 Å². The fourth-order valence-electron chi connectivity index (χ4n) is 3.21. The van der Waals surface area contributed by atoms with Gasteiger partial charge in [0.25, 0.3) is 0 Å². The summed E-state index contributed by atoms with van der Waals surface area (Å²) in [7, 11) is 0. The number of aliphatic hydroxyl groups is 1. The molecule has 0 aliphatic heterocycles. The molecule has 2 aliphatic carbocycles. The zero-order valence-electron chi connectivity index (χ0n) is 10.5. The minimum atomic E-state index is -0.317. The van der Waals surface area contributed by atoms with E-state index in [0.29, 0.717) is 13.0 Å². The molecular weight excluding hydrogens is 216 g/mol. The summed E-state index contributed by atoms with van der Waals surface area (Å²) in [5.74, 6) is 0.122. The first-order valence-corrected chi connectivity index (χ1v) is 6.85. The summed E-state index contributed by atoms with van der Waals surface area (Å²) in [6, 6.07) is 0.148. The van der Waals surface area contributed by atoms with Crippen LogP contribution >= 0.6 is 0 Å². The van der Waals surface area contributed by atoms with Crippen molar-refractivity contribution in [3.05, 3.63) is 0 Å². The highest BCUT2D eigenvalue weighted by atomic mass is 16.3. The normalized spacial score (nSPS) is 32.4. The molecule has 17 heavy (non-hydrogen) atoms. The Morgan fingerprint density at radius 2 is 2.00 bits per heavy atom. The number of nitrogens with two attached hydrogens (primary N) is 1. The monoisotopic (exact) mass is 240 g/mol. The first-order valence-electron chi connectivity index (χ1n) is 6.85. The van der Waals surface area contributed by atoms with Gasteiger partial charge in [-0.05, 0) is 38.5 Å². The third-order valence-corrected chi connectivity index (χ3v) is 4.41. The zero-order chi connectivity index (χ0) is 12.3. The lowest BCUT2D eigenvalue weighted by molar-refractivity contribution is -0.131. The molecule has 2 aliphatic rings. The molecule has 0 bridgehead atoms. The Hall–Kier alpha value is -0.610. The average Bonchev–Trinajstić information content (AvgIpc) is 2.78. The molecule has 2 atom stereocenters. The van der Waals surface area contributed by atoms with Crippen LogP contribution in [0.15, 0.2) is 0 Å². The van der Waals surface area contributed by atoms with E-state index in [-0.39, 0.29) is 23.5 Å². The highest BCUT2D eigenvalue weighted by Crippen LogP contribution is 2.37. The Balaban J connectivity index is 1.91. The number of nitrogens with one attached hydrogen (secondary N) is 1. The Bertz CT molecular complexity index is 275. The lowest BCUT2D eigenvalue weighted by atomic mass is 9.84. The van der Waals surface area contributed by atoms with Crippen LogP contribution in [0.5, 0.6) is 0 Å². The number of carbonyl (C=O) groups excluding carboxylic acids is 1. The van der Waals surface area contributed by atoms with Gasteiger partial charge in [-0.1, -0.05) is 12.8 Å². The molecule has 0 aromatic carbocycles. The van der Waals surface area contributed by atoms with Crippen LogP contribution in [-0.2, 0) is 4.79 Å². The SMILES string of the molecule is NCC1(C(=O)NC2CCCC(O)C2)CCCC1. The van der Waals surface area contributed by atoms with Crippen LogP contribution in [0.25, 0.3) is 0 Å². The van der Waals surface area contributed by atoms with Crippen LogP contribution in [0.1, 0.15) is 51.4 Å². The Morgan fingerprint density at radius 3 is 2.59 bits per heavy atom. The minimum Gasteiger partial charge on any atom is -0.393 e. The highest BCUT2D eigenvalue weighted by Gasteiger charge is 2.40. The summed E-state index contributed by atoms with van der Waals surface area (Å²) in [6.45, 7) is 0.452. The molecule has 0 aromatic heterocycles. The molecule has 4 heteroatoms. The summed E-state index contributed by atoms with van der Waals surface area (Å²) in [5.41, 5.74) is 5.47. The molecule has 1 amide bonds. The van der Waals surface area contributed by atoms with Crippen molar-refractivity contribution in [2.75, 3.05) is 6.54 Å². The molecule has 2 fully saturated rings. The molecular formula is C13H24N2O2. The summed E-state index contributed by atoms with van der Waals surface area (Å²) < 4.78 is 0. The van der Waals surface area contributed by atoms with E-state index < -0.39 is 0 Å². The smallest absolute Gasteiger partial charge is 0.227 e. The first-order chi connectivity index (χ1) is 8.16. The zero-order valence-corrected chi connectivity index (χ0v) is 10.5. The van der Waals surface area contributed by atoms with Gasteiger partial charge in [0.2, 0.25) is 5.91 Å². The predicted octanol–water partition coefficient (Wildman–Crippen LogP) is 0.925. The molecule has 4 N–H and O–H groups in total. The fourth-order valence-corrected chi connectivity index (χ4v) is 3.21. The van der Waals surface area contributed by atoms with Crippen LogP contribution in [0, 0.1) is 5.41 Å². The van der Waals surface area contributed by atoms with Gasteiger partial charge in [0, 0.05) is 12.6 Å². The molecule has 0 aromatic rings. The first kappa shape index (κ1) is 12.8. The minimum absolute atomic E-state index is 0.122. The van der Waals surface area contributed by atoms with Gasteiger partial charge in [-0.2, -0.15) is 0 Å². The number of amides is 1. The number of hydrogen-bond donors (Lipinski definition) is 3. The van der Waals surface area contributed by atoms with Crippen molar-refractivity contribution in [3.63, 3.8) is 0 Å². The van der Waals surface area contributed by atoms with Gasteiger partial charge in [-0.25, -0.2) is 0 Å². The van der Waals surface area contributed by atoms with Gasteiger partial charge in [0.05, 0.1) is 11.5 Å². The maximum Gasteiger partial charge on any atom is 0.227 e. The van der Waals surface area contributed by atoms with Gasteiger partial charge in [0.1, 0.15) is 0 Å². The maximum absolute atomic E-state index is 12.3. The van der Waals surface area contributed by atoms with Crippen LogP contribution in [0.2, 0.25) is 0 Å². The van der Waals surface area contributed by atoms with Crippen molar-refractivity contribution in [2.24, 2.45) is 11.1 Å². The quantitative estimate of drug-likeness (QED) is 0.687. The van der Waals surface area contributed by atoms with E-state index in [9.17, 15) is 9.90 Å². The van der Waals surface area contributed by atoms with Gasteiger partial charge in [-0.15, -0.1) is 0 Å². The van der Waals surface area contributed by atoms with Crippen molar-refractivity contribution in [3.8, 4) is 0 Å². The lowest BCUT2D eigenvalue weighted by Crippen LogP contribution is -2.49. The van der Waals surface area contributed by atoms with Crippen molar-refractivity contribution in [2.45, 2.75) is 63.5 Å². The number of hydrogen-bond acceptors (Lipinski definition) is 3.